The van der Waals surface area contributed by atoms with Crippen molar-refractivity contribution >= 4 is 0 Å². The highest BCUT2D eigenvalue weighted by Crippen LogP contribution is 2.36. The molecule has 20 heavy (non-hydrogen) atoms. The lowest BCUT2D eigenvalue weighted by molar-refractivity contribution is -0.137. The predicted molar refractivity (Wildman–Crippen MR) is 74.4 cm³/mol. The first kappa shape index (κ1) is 15.4. The standard InChI is InChI=1S/C16H22F3N/c1-2-11-20-15(10-5-12-3-4-12)13-6-8-14(9-7-13)16(17,18)19/h6-9,12,15,20H,2-5,10-11H2,1H3. The summed E-state index contributed by atoms with van der Waals surface area (Å²) in [5.41, 5.74) is 0.393. The Labute approximate surface area is 118 Å². The van der Waals surface area contributed by atoms with Crippen LogP contribution < -0.4 is 5.32 Å². The van der Waals surface area contributed by atoms with E-state index in [0.29, 0.717) is 0 Å². The molecule has 0 spiro atoms. The highest BCUT2D eigenvalue weighted by atomic mass is 19.4. The lowest BCUT2D eigenvalue weighted by atomic mass is 9.99. The maximum Gasteiger partial charge on any atom is 0.416 e. The van der Waals surface area contributed by atoms with Crippen LogP contribution in [0.1, 0.15) is 56.2 Å². The fourth-order valence-electron chi connectivity index (χ4n) is 2.42. The number of alkyl halides is 3. The van der Waals surface area contributed by atoms with Gasteiger partial charge in [-0.05, 0) is 49.4 Å². The SMILES string of the molecule is CCCNC(CCC1CC1)c1ccc(C(F)(F)F)cc1. The van der Waals surface area contributed by atoms with Crippen LogP contribution in [0.15, 0.2) is 24.3 Å². The second kappa shape index (κ2) is 6.61. The second-order valence-electron chi connectivity index (χ2n) is 5.65. The lowest BCUT2D eigenvalue weighted by Crippen LogP contribution is -2.22. The zero-order valence-corrected chi connectivity index (χ0v) is 11.8. The molecule has 1 saturated carbocycles. The molecule has 112 valence electrons. The Morgan fingerprint density at radius 2 is 1.85 bits per heavy atom. The molecule has 0 saturated heterocycles. The number of benzene rings is 1. The summed E-state index contributed by atoms with van der Waals surface area (Å²) in [4.78, 5) is 0. The van der Waals surface area contributed by atoms with Gasteiger partial charge in [0, 0.05) is 6.04 Å². The van der Waals surface area contributed by atoms with Crippen molar-refractivity contribution in [2.45, 2.75) is 51.2 Å². The van der Waals surface area contributed by atoms with E-state index in [1.54, 1.807) is 12.1 Å². The van der Waals surface area contributed by atoms with E-state index in [-0.39, 0.29) is 6.04 Å². The Morgan fingerprint density at radius 1 is 1.20 bits per heavy atom. The first-order chi connectivity index (χ1) is 9.50. The Bertz CT molecular complexity index is 407. The van der Waals surface area contributed by atoms with Gasteiger partial charge in [-0.2, -0.15) is 13.2 Å². The van der Waals surface area contributed by atoms with Crippen LogP contribution in [0.3, 0.4) is 0 Å². The molecule has 1 nitrogen and oxygen atoms in total. The summed E-state index contributed by atoms with van der Waals surface area (Å²) in [6.07, 6.45) is 1.58. The minimum atomic E-state index is -4.25. The van der Waals surface area contributed by atoms with E-state index in [2.05, 4.69) is 12.2 Å². The van der Waals surface area contributed by atoms with Gasteiger partial charge < -0.3 is 5.32 Å². The van der Waals surface area contributed by atoms with Gasteiger partial charge in [-0.15, -0.1) is 0 Å². The molecule has 1 aliphatic rings. The topological polar surface area (TPSA) is 12.0 Å². The average Bonchev–Trinajstić information content (AvgIpc) is 3.22. The van der Waals surface area contributed by atoms with Crippen molar-refractivity contribution in [2.24, 2.45) is 5.92 Å². The summed E-state index contributed by atoms with van der Waals surface area (Å²) in [6.45, 7) is 2.99. The summed E-state index contributed by atoms with van der Waals surface area (Å²) in [7, 11) is 0. The average molecular weight is 285 g/mol. The quantitative estimate of drug-likeness (QED) is 0.748. The first-order valence-corrected chi connectivity index (χ1v) is 7.41. The largest absolute Gasteiger partial charge is 0.416 e. The third kappa shape index (κ3) is 4.51. The molecule has 4 heteroatoms. The summed E-state index contributed by atoms with van der Waals surface area (Å²) in [5, 5.41) is 3.45. The van der Waals surface area contributed by atoms with Crippen LogP contribution in [0.5, 0.6) is 0 Å². The first-order valence-electron chi connectivity index (χ1n) is 7.41. The van der Waals surface area contributed by atoms with E-state index in [0.717, 1.165) is 30.9 Å². The zero-order valence-electron chi connectivity index (χ0n) is 11.8. The molecule has 0 amide bonds. The molecule has 0 bridgehead atoms. The summed E-state index contributed by atoms with van der Waals surface area (Å²) < 4.78 is 37.7. The van der Waals surface area contributed by atoms with Crippen molar-refractivity contribution in [3.63, 3.8) is 0 Å². The van der Waals surface area contributed by atoms with Crippen molar-refractivity contribution in [3.8, 4) is 0 Å². The zero-order chi connectivity index (χ0) is 14.6. The second-order valence-corrected chi connectivity index (χ2v) is 5.65. The van der Waals surface area contributed by atoms with E-state index in [9.17, 15) is 13.2 Å². The van der Waals surface area contributed by atoms with Gasteiger partial charge in [0.2, 0.25) is 0 Å². The number of halogens is 3. The van der Waals surface area contributed by atoms with E-state index in [1.807, 2.05) is 0 Å². The molecule has 1 aromatic carbocycles. The smallest absolute Gasteiger partial charge is 0.310 e. The molecule has 1 atom stereocenters. The lowest BCUT2D eigenvalue weighted by Gasteiger charge is -2.19. The van der Waals surface area contributed by atoms with Gasteiger partial charge in [-0.25, -0.2) is 0 Å². The number of hydrogen-bond donors (Lipinski definition) is 1. The molecule has 1 unspecified atom stereocenters. The molecule has 1 N–H and O–H groups in total. The highest BCUT2D eigenvalue weighted by molar-refractivity contribution is 5.26. The molecule has 0 radical (unpaired) electrons. The minimum Gasteiger partial charge on any atom is -0.310 e. The molecule has 0 aliphatic heterocycles. The minimum absolute atomic E-state index is 0.179. The van der Waals surface area contributed by atoms with Gasteiger partial charge in [0.15, 0.2) is 0 Å². The summed E-state index contributed by atoms with van der Waals surface area (Å²) in [6, 6.07) is 5.78. The fourth-order valence-corrected chi connectivity index (χ4v) is 2.42. The molecule has 1 aliphatic carbocycles. The van der Waals surface area contributed by atoms with Crippen LogP contribution in [-0.2, 0) is 6.18 Å². The highest BCUT2D eigenvalue weighted by Gasteiger charge is 2.30. The molecule has 2 rings (SSSR count). The van der Waals surface area contributed by atoms with Crippen LogP contribution in [-0.4, -0.2) is 6.54 Å². The van der Waals surface area contributed by atoms with E-state index in [1.165, 1.54) is 31.4 Å². The van der Waals surface area contributed by atoms with Gasteiger partial charge in [0.1, 0.15) is 0 Å². The monoisotopic (exact) mass is 285 g/mol. The van der Waals surface area contributed by atoms with Crippen LogP contribution >= 0.6 is 0 Å². The molecular formula is C16H22F3N. The third-order valence-electron chi connectivity index (χ3n) is 3.84. The number of nitrogens with one attached hydrogen (secondary N) is 1. The van der Waals surface area contributed by atoms with Crippen molar-refractivity contribution in [2.75, 3.05) is 6.54 Å². The fraction of sp³-hybridized carbons (Fsp3) is 0.625. The van der Waals surface area contributed by atoms with Crippen molar-refractivity contribution in [3.05, 3.63) is 35.4 Å². The van der Waals surface area contributed by atoms with Crippen LogP contribution in [0.2, 0.25) is 0 Å². The van der Waals surface area contributed by atoms with Crippen LogP contribution in [0.4, 0.5) is 13.2 Å². The molecule has 0 aromatic heterocycles. The van der Waals surface area contributed by atoms with Gasteiger partial charge in [-0.1, -0.05) is 31.9 Å². The van der Waals surface area contributed by atoms with Gasteiger partial charge in [0.25, 0.3) is 0 Å². The summed E-state index contributed by atoms with van der Waals surface area (Å²) in [5.74, 6) is 0.843. The maximum atomic E-state index is 12.6. The third-order valence-corrected chi connectivity index (χ3v) is 3.84. The van der Waals surface area contributed by atoms with Crippen LogP contribution in [0.25, 0.3) is 0 Å². The molecule has 1 aromatic rings. The molecular weight excluding hydrogens is 263 g/mol. The number of hydrogen-bond acceptors (Lipinski definition) is 1. The Morgan fingerprint density at radius 3 is 2.35 bits per heavy atom. The summed E-state index contributed by atoms with van der Waals surface area (Å²) >= 11 is 0. The van der Waals surface area contributed by atoms with E-state index >= 15 is 0 Å². The molecule has 1 fully saturated rings. The van der Waals surface area contributed by atoms with E-state index < -0.39 is 11.7 Å². The van der Waals surface area contributed by atoms with E-state index in [4.69, 9.17) is 0 Å². The van der Waals surface area contributed by atoms with Gasteiger partial charge in [-0.3, -0.25) is 0 Å². The normalized spacial score (nSPS) is 17.2. The predicted octanol–water partition coefficient (Wildman–Crippen LogP) is 4.94. The van der Waals surface area contributed by atoms with Gasteiger partial charge >= 0.3 is 6.18 Å². The Balaban J connectivity index is 2.02. The van der Waals surface area contributed by atoms with Crippen LogP contribution in [0, 0.1) is 5.92 Å². The van der Waals surface area contributed by atoms with Crippen molar-refractivity contribution < 1.29 is 13.2 Å². The Hall–Kier alpha value is -1.03. The maximum absolute atomic E-state index is 12.6. The molecule has 0 heterocycles. The Kier molecular flexibility index (Phi) is 5.08. The van der Waals surface area contributed by atoms with Crippen molar-refractivity contribution in [1.82, 2.24) is 5.32 Å². The van der Waals surface area contributed by atoms with Crippen molar-refractivity contribution in [1.29, 1.82) is 0 Å². The van der Waals surface area contributed by atoms with Gasteiger partial charge in [0.05, 0.1) is 5.56 Å². The number of rotatable bonds is 7.